The largest absolute Gasteiger partial charge is 0.507 e. The van der Waals surface area contributed by atoms with Crippen LogP contribution < -0.4 is 5.32 Å². The molecule has 1 fully saturated rings. The number of phenolic OH excluding ortho intramolecular Hbond substituents is 1. The summed E-state index contributed by atoms with van der Waals surface area (Å²) in [6.45, 7) is 0.105. The highest BCUT2D eigenvalue weighted by atomic mass is 32.2. The number of benzene rings is 2. The van der Waals surface area contributed by atoms with Crippen LogP contribution in [0.4, 0.5) is 13.2 Å². The molecule has 1 aliphatic rings. The number of amides is 1. The molecule has 2 aromatic heterocycles. The van der Waals surface area contributed by atoms with Crippen molar-refractivity contribution < 1.29 is 35.9 Å². The Bertz CT molecular complexity index is 1620. The van der Waals surface area contributed by atoms with E-state index in [1.807, 2.05) is 0 Å². The van der Waals surface area contributed by atoms with Gasteiger partial charge in [-0.05, 0) is 54.8 Å². The van der Waals surface area contributed by atoms with E-state index in [1.54, 1.807) is 6.07 Å². The van der Waals surface area contributed by atoms with Crippen LogP contribution in [0.5, 0.6) is 5.75 Å². The number of aromatic nitrogens is 1. The standard InChI is InChI=1S/C25H20F3N3O5S/c26-16-3-4-23-15(9-16)10-24(36-23)37(34,35)31-7-1-2-21(31)25(33)30-13-14-5-6-29-20(8-14)17-11-18(27)19(28)12-22(17)32/h3-6,8-12,21,32H,1-2,7,13H2,(H,30,33)/t21-/m0/s1. The molecule has 1 atom stereocenters. The number of furan rings is 1. The first-order chi connectivity index (χ1) is 17.6. The number of nitrogens with one attached hydrogen (secondary N) is 1. The lowest BCUT2D eigenvalue weighted by Crippen LogP contribution is -2.45. The van der Waals surface area contributed by atoms with Gasteiger partial charge in [0, 0.05) is 42.4 Å². The molecular formula is C25H20F3N3O5S. The zero-order chi connectivity index (χ0) is 26.3. The zero-order valence-corrected chi connectivity index (χ0v) is 19.9. The molecule has 1 amide bonds. The van der Waals surface area contributed by atoms with Gasteiger partial charge in [-0.15, -0.1) is 0 Å². The Morgan fingerprint density at radius 1 is 1.11 bits per heavy atom. The number of pyridine rings is 1. The normalized spacial score (nSPS) is 16.4. The fraction of sp³-hybridized carbons (Fsp3) is 0.200. The molecule has 1 aliphatic heterocycles. The van der Waals surface area contributed by atoms with Crippen LogP contribution in [-0.4, -0.2) is 41.3 Å². The molecule has 8 nitrogen and oxygen atoms in total. The lowest BCUT2D eigenvalue weighted by molar-refractivity contribution is -0.124. The Kier molecular flexibility index (Phi) is 6.38. The van der Waals surface area contributed by atoms with Crippen LogP contribution in [0.1, 0.15) is 18.4 Å². The maximum Gasteiger partial charge on any atom is 0.277 e. The quantitative estimate of drug-likeness (QED) is 0.388. The summed E-state index contributed by atoms with van der Waals surface area (Å²) >= 11 is 0. The van der Waals surface area contributed by atoms with Gasteiger partial charge in [0.2, 0.25) is 11.0 Å². The van der Waals surface area contributed by atoms with Gasteiger partial charge in [0.05, 0.1) is 5.69 Å². The number of aromatic hydroxyl groups is 1. The van der Waals surface area contributed by atoms with Crippen molar-refractivity contribution in [1.29, 1.82) is 0 Å². The number of phenols is 1. The highest BCUT2D eigenvalue weighted by molar-refractivity contribution is 7.89. The summed E-state index contributed by atoms with van der Waals surface area (Å²) in [5, 5.41) is 12.6. The Balaban J connectivity index is 1.32. The van der Waals surface area contributed by atoms with Gasteiger partial charge in [-0.3, -0.25) is 9.78 Å². The average molecular weight is 532 g/mol. The summed E-state index contributed by atoms with van der Waals surface area (Å²) in [5.41, 5.74) is 0.885. The second kappa shape index (κ2) is 9.52. The first-order valence-electron chi connectivity index (χ1n) is 11.3. The van der Waals surface area contributed by atoms with Gasteiger partial charge in [0.25, 0.3) is 10.0 Å². The minimum Gasteiger partial charge on any atom is -0.507 e. The molecule has 0 spiro atoms. The van der Waals surface area contributed by atoms with Crippen LogP contribution in [0.25, 0.3) is 22.2 Å². The average Bonchev–Trinajstić information content (AvgIpc) is 3.53. The number of halogens is 3. The van der Waals surface area contributed by atoms with E-state index in [-0.39, 0.29) is 35.0 Å². The molecular weight excluding hydrogens is 511 g/mol. The highest BCUT2D eigenvalue weighted by Crippen LogP contribution is 2.32. The summed E-state index contributed by atoms with van der Waals surface area (Å²) in [6, 6.07) is 8.44. The van der Waals surface area contributed by atoms with Crippen LogP contribution in [0.15, 0.2) is 64.2 Å². The SMILES string of the molecule is O=C(NCc1ccnc(-c2cc(F)c(F)cc2O)c1)[C@@H]1CCCN1S(=O)(=O)c1cc2cc(F)ccc2o1. The second-order valence-corrected chi connectivity index (χ2v) is 10.4. The Labute approximate surface area is 209 Å². The van der Waals surface area contributed by atoms with Crippen LogP contribution in [0.2, 0.25) is 0 Å². The summed E-state index contributed by atoms with van der Waals surface area (Å²) in [4.78, 5) is 17.0. The van der Waals surface area contributed by atoms with E-state index >= 15 is 0 Å². The molecule has 2 aromatic carbocycles. The molecule has 0 saturated carbocycles. The number of carbonyl (C=O) groups is 1. The third kappa shape index (κ3) is 4.77. The van der Waals surface area contributed by atoms with Crippen molar-refractivity contribution in [1.82, 2.24) is 14.6 Å². The van der Waals surface area contributed by atoms with Crippen molar-refractivity contribution in [2.45, 2.75) is 30.5 Å². The highest BCUT2D eigenvalue weighted by Gasteiger charge is 2.41. The second-order valence-electron chi connectivity index (χ2n) is 8.57. The monoisotopic (exact) mass is 531 g/mol. The molecule has 192 valence electrons. The van der Waals surface area contributed by atoms with Gasteiger partial charge in [-0.1, -0.05) is 0 Å². The van der Waals surface area contributed by atoms with Crippen LogP contribution in [0, 0.1) is 17.5 Å². The van der Waals surface area contributed by atoms with Crippen molar-refractivity contribution in [2.24, 2.45) is 0 Å². The van der Waals surface area contributed by atoms with E-state index in [4.69, 9.17) is 4.42 Å². The third-order valence-electron chi connectivity index (χ3n) is 6.13. The van der Waals surface area contributed by atoms with Crippen LogP contribution in [0.3, 0.4) is 0 Å². The molecule has 37 heavy (non-hydrogen) atoms. The predicted molar refractivity (Wildman–Crippen MR) is 126 cm³/mol. The topological polar surface area (TPSA) is 113 Å². The van der Waals surface area contributed by atoms with Crippen molar-refractivity contribution in [2.75, 3.05) is 6.54 Å². The maximum atomic E-state index is 13.7. The molecule has 0 radical (unpaired) electrons. The molecule has 0 bridgehead atoms. The third-order valence-corrected chi connectivity index (χ3v) is 7.89. The maximum absolute atomic E-state index is 13.7. The van der Waals surface area contributed by atoms with Crippen molar-refractivity contribution in [3.63, 3.8) is 0 Å². The minimum atomic E-state index is -4.17. The lowest BCUT2D eigenvalue weighted by Gasteiger charge is -2.22. The van der Waals surface area contributed by atoms with E-state index in [0.717, 1.165) is 22.5 Å². The van der Waals surface area contributed by atoms with Gasteiger partial charge in [-0.2, -0.15) is 4.31 Å². The summed E-state index contributed by atoms with van der Waals surface area (Å²) in [6.07, 6.45) is 2.14. The van der Waals surface area contributed by atoms with Gasteiger partial charge in [0.1, 0.15) is 23.2 Å². The molecule has 4 aromatic rings. The van der Waals surface area contributed by atoms with E-state index in [1.165, 1.54) is 24.4 Å². The molecule has 12 heteroatoms. The number of hydrogen-bond donors (Lipinski definition) is 2. The summed E-state index contributed by atoms with van der Waals surface area (Å²) in [7, 11) is -4.17. The number of sulfonamides is 1. The van der Waals surface area contributed by atoms with E-state index in [9.17, 15) is 31.5 Å². The van der Waals surface area contributed by atoms with Gasteiger partial charge in [-0.25, -0.2) is 21.6 Å². The minimum absolute atomic E-state index is 0.00685. The predicted octanol–water partition coefficient (Wildman–Crippen LogP) is 4.09. The number of nitrogens with zero attached hydrogens (tertiary/aromatic N) is 2. The fourth-order valence-corrected chi connectivity index (χ4v) is 5.91. The molecule has 0 aliphatic carbocycles. The molecule has 0 unspecified atom stereocenters. The number of hydrogen-bond acceptors (Lipinski definition) is 6. The van der Waals surface area contributed by atoms with Crippen molar-refractivity contribution >= 4 is 26.9 Å². The van der Waals surface area contributed by atoms with Crippen molar-refractivity contribution in [3.8, 4) is 17.0 Å². The first kappa shape index (κ1) is 24.8. The van der Waals surface area contributed by atoms with Crippen LogP contribution in [-0.2, 0) is 21.4 Å². The molecule has 1 saturated heterocycles. The molecule has 2 N–H and O–H groups in total. The molecule has 5 rings (SSSR count). The van der Waals surface area contributed by atoms with Crippen molar-refractivity contribution in [3.05, 3.63) is 77.7 Å². The number of carbonyl (C=O) groups excluding carboxylic acids is 1. The summed E-state index contributed by atoms with van der Waals surface area (Å²) in [5.74, 6) is -3.90. The number of rotatable bonds is 6. The molecule has 3 heterocycles. The number of fused-ring (bicyclic) bond motifs is 1. The Hall–Kier alpha value is -3.90. The Morgan fingerprint density at radius 3 is 2.70 bits per heavy atom. The summed E-state index contributed by atoms with van der Waals surface area (Å²) < 4.78 is 73.5. The smallest absolute Gasteiger partial charge is 0.277 e. The van der Waals surface area contributed by atoms with Gasteiger partial charge in [0.15, 0.2) is 11.6 Å². The van der Waals surface area contributed by atoms with E-state index in [2.05, 4.69) is 10.3 Å². The van der Waals surface area contributed by atoms with Gasteiger partial charge >= 0.3 is 0 Å². The van der Waals surface area contributed by atoms with E-state index < -0.39 is 45.2 Å². The first-order valence-corrected chi connectivity index (χ1v) is 12.7. The lowest BCUT2D eigenvalue weighted by atomic mass is 10.1. The van der Waals surface area contributed by atoms with E-state index in [0.29, 0.717) is 29.9 Å². The van der Waals surface area contributed by atoms with Gasteiger partial charge < -0.3 is 14.8 Å². The Morgan fingerprint density at radius 2 is 1.89 bits per heavy atom. The van der Waals surface area contributed by atoms with Crippen LogP contribution >= 0.6 is 0 Å². The fourth-order valence-electron chi connectivity index (χ4n) is 4.30. The zero-order valence-electron chi connectivity index (χ0n) is 19.1.